The number of hydrogen-bond acceptors (Lipinski definition) is 6. The molecule has 2 aromatic heterocycles. The van der Waals surface area contributed by atoms with E-state index >= 15 is 0 Å². The third-order valence-corrected chi connectivity index (χ3v) is 4.21. The number of nitrogens with one attached hydrogen (secondary N) is 1. The van der Waals surface area contributed by atoms with E-state index in [0.29, 0.717) is 16.1 Å². The molecule has 0 atom stereocenters. The minimum absolute atomic E-state index is 0.162. The van der Waals surface area contributed by atoms with Gasteiger partial charge in [0.15, 0.2) is 0 Å². The topological polar surface area (TPSA) is 91.1 Å². The van der Waals surface area contributed by atoms with Gasteiger partial charge in [-0.25, -0.2) is 9.97 Å². The third-order valence-electron chi connectivity index (χ3n) is 3.49. The highest BCUT2D eigenvalue weighted by Crippen LogP contribution is 2.22. The fourth-order valence-electron chi connectivity index (χ4n) is 2.36. The predicted molar refractivity (Wildman–Crippen MR) is 85.6 cm³/mol. The van der Waals surface area contributed by atoms with Gasteiger partial charge in [-0.2, -0.15) is 0 Å². The quantitative estimate of drug-likeness (QED) is 0.833. The molecule has 2 aromatic rings. The monoisotopic (exact) mass is 350 g/mol. The normalized spacial score (nSPS) is 15.3. The first kappa shape index (κ1) is 13.9. The Morgan fingerprint density at radius 2 is 1.86 bits per heavy atom. The number of nitrogen functional groups attached to an aromatic ring is 1. The molecular formula is C13H15BrN6O. The van der Waals surface area contributed by atoms with E-state index in [9.17, 15) is 4.79 Å². The maximum absolute atomic E-state index is 11.6. The average molecular weight is 351 g/mol. The second-order valence-corrected chi connectivity index (χ2v) is 5.58. The molecule has 1 fully saturated rings. The molecule has 7 nitrogen and oxygen atoms in total. The summed E-state index contributed by atoms with van der Waals surface area (Å²) in [4.78, 5) is 26.8. The summed E-state index contributed by atoms with van der Waals surface area (Å²) in [6.07, 6.45) is 3.21. The predicted octanol–water partition coefficient (Wildman–Crippen LogP) is 0.836. The van der Waals surface area contributed by atoms with Crippen molar-refractivity contribution in [2.24, 2.45) is 0 Å². The fraction of sp³-hybridized carbons (Fsp3) is 0.308. The third kappa shape index (κ3) is 2.85. The van der Waals surface area contributed by atoms with Gasteiger partial charge in [-0.3, -0.25) is 4.79 Å². The van der Waals surface area contributed by atoms with Crippen LogP contribution in [0.5, 0.6) is 0 Å². The summed E-state index contributed by atoms with van der Waals surface area (Å²) in [7, 11) is 0. The second-order valence-electron chi connectivity index (χ2n) is 4.78. The van der Waals surface area contributed by atoms with E-state index < -0.39 is 0 Å². The molecule has 0 unspecified atom stereocenters. The number of nitrogens with two attached hydrogens (primary N) is 1. The molecule has 0 amide bonds. The van der Waals surface area contributed by atoms with Crippen LogP contribution < -0.4 is 21.1 Å². The lowest BCUT2D eigenvalue weighted by Gasteiger charge is -2.36. The van der Waals surface area contributed by atoms with Crippen molar-refractivity contribution in [3.63, 3.8) is 0 Å². The summed E-state index contributed by atoms with van der Waals surface area (Å²) >= 11 is 3.30. The van der Waals surface area contributed by atoms with Gasteiger partial charge >= 0.3 is 0 Å². The molecule has 0 radical (unpaired) electrons. The highest BCUT2D eigenvalue weighted by molar-refractivity contribution is 9.10. The number of hydrogen-bond donors (Lipinski definition) is 2. The van der Waals surface area contributed by atoms with Crippen LogP contribution in [-0.2, 0) is 0 Å². The molecule has 0 bridgehead atoms. The maximum Gasteiger partial charge on any atom is 0.267 e. The molecule has 0 aliphatic carbocycles. The molecule has 3 heterocycles. The number of anilines is 3. The molecule has 0 spiro atoms. The van der Waals surface area contributed by atoms with Crippen molar-refractivity contribution < 1.29 is 0 Å². The van der Waals surface area contributed by atoms with Crippen molar-refractivity contribution in [2.45, 2.75) is 0 Å². The molecule has 110 valence electrons. The second kappa shape index (κ2) is 5.72. The molecule has 3 rings (SSSR count). The van der Waals surface area contributed by atoms with Crippen LogP contribution in [0.2, 0.25) is 0 Å². The van der Waals surface area contributed by atoms with Crippen molar-refractivity contribution in [3.8, 4) is 0 Å². The maximum atomic E-state index is 11.6. The molecule has 1 aliphatic heterocycles. The SMILES string of the molecule is Nc1ccc(N2CCN(c3nc[nH]c(=O)c3Br)CC2)cn1. The molecule has 21 heavy (non-hydrogen) atoms. The van der Waals surface area contributed by atoms with Crippen LogP contribution in [-0.4, -0.2) is 41.1 Å². The summed E-state index contributed by atoms with van der Waals surface area (Å²) in [6.45, 7) is 3.26. The standard InChI is InChI=1S/C13H15BrN6O/c14-11-12(17-8-18-13(11)21)20-5-3-19(4-6-20)9-1-2-10(15)16-7-9/h1-2,7-8H,3-6H2,(H2,15,16)(H,17,18,21). The summed E-state index contributed by atoms with van der Waals surface area (Å²) in [5.41, 5.74) is 6.50. The van der Waals surface area contributed by atoms with Gasteiger partial charge in [-0.05, 0) is 28.1 Å². The number of aromatic amines is 1. The van der Waals surface area contributed by atoms with Crippen molar-refractivity contribution >= 4 is 33.3 Å². The minimum Gasteiger partial charge on any atom is -0.384 e. The number of pyridine rings is 1. The van der Waals surface area contributed by atoms with Gasteiger partial charge in [0.05, 0.1) is 18.2 Å². The number of halogens is 1. The average Bonchev–Trinajstić information content (AvgIpc) is 2.51. The summed E-state index contributed by atoms with van der Waals surface area (Å²) in [6, 6.07) is 3.77. The molecule has 1 aliphatic rings. The Kier molecular flexibility index (Phi) is 3.78. The number of nitrogens with zero attached hydrogens (tertiary/aromatic N) is 4. The first-order chi connectivity index (χ1) is 10.1. The van der Waals surface area contributed by atoms with E-state index in [-0.39, 0.29) is 5.56 Å². The van der Waals surface area contributed by atoms with E-state index in [0.717, 1.165) is 31.9 Å². The Morgan fingerprint density at radius 1 is 1.14 bits per heavy atom. The Morgan fingerprint density at radius 3 is 2.52 bits per heavy atom. The number of rotatable bonds is 2. The first-order valence-electron chi connectivity index (χ1n) is 6.60. The first-order valence-corrected chi connectivity index (χ1v) is 7.39. The Hall–Kier alpha value is -2.09. The molecular weight excluding hydrogens is 336 g/mol. The van der Waals surface area contributed by atoms with Gasteiger partial charge < -0.3 is 20.5 Å². The summed E-state index contributed by atoms with van der Waals surface area (Å²) in [5.74, 6) is 1.21. The molecule has 0 aromatic carbocycles. The van der Waals surface area contributed by atoms with E-state index in [1.807, 2.05) is 6.07 Å². The zero-order valence-corrected chi connectivity index (χ0v) is 12.9. The van der Waals surface area contributed by atoms with Crippen LogP contribution in [0.4, 0.5) is 17.3 Å². The van der Waals surface area contributed by atoms with Crippen LogP contribution in [0.25, 0.3) is 0 Å². The van der Waals surface area contributed by atoms with Gasteiger partial charge in [0.1, 0.15) is 16.1 Å². The minimum atomic E-state index is -0.162. The van der Waals surface area contributed by atoms with Crippen LogP contribution >= 0.6 is 15.9 Å². The summed E-state index contributed by atoms with van der Waals surface area (Å²) < 4.78 is 0.479. The lowest BCUT2D eigenvalue weighted by atomic mass is 10.2. The molecule has 0 saturated carbocycles. The van der Waals surface area contributed by atoms with Gasteiger partial charge in [0.25, 0.3) is 5.56 Å². The number of piperazine rings is 1. The highest BCUT2D eigenvalue weighted by atomic mass is 79.9. The van der Waals surface area contributed by atoms with Gasteiger partial charge in [0.2, 0.25) is 0 Å². The van der Waals surface area contributed by atoms with E-state index in [2.05, 4.69) is 40.7 Å². The van der Waals surface area contributed by atoms with E-state index in [4.69, 9.17) is 5.73 Å². The lowest BCUT2D eigenvalue weighted by Crippen LogP contribution is -2.47. The van der Waals surface area contributed by atoms with Crippen LogP contribution in [0.1, 0.15) is 0 Å². The number of aromatic nitrogens is 3. The molecule has 8 heteroatoms. The van der Waals surface area contributed by atoms with Crippen molar-refractivity contribution in [1.82, 2.24) is 15.0 Å². The molecule has 3 N–H and O–H groups in total. The zero-order chi connectivity index (χ0) is 14.8. The van der Waals surface area contributed by atoms with Crippen molar-refractivity contribution in [1.29, 1.82) is 0 Å². The van der Waals surface area contributed by atoms with Gasteiger partial charge in [0, 0.05) is 26.2 Å². The molecule has 1 saturated heterocycles. The lowest BCUT2D eigenvalue weighted by molar-refractivity contribution is 0.644. The van der Waals surface area contributed by atoms with Crippen molar-refractivity contribution in [3.05, 3.63) is 39.5 Å². The van der Waals surface area contributed by atoms with Crippen LogP contribution in [0.3, 0.4) is 0 Å². The Bertz CT molecular complexity index is 678. The zero-order valence-electron chi connectivity index (χ0n) is 11.3. The number of H-pyrrole nitrogens is 1. The van der Waals surface area contributed by atoms with E-state index in [1.54, 1.807) is 12.3 Å². The Balaban J connectivity index is 1.71. The summed E-state index contributed by atoms with van der Waals surface area (Å²) in [5, 5.41) is 0. The van der Waals surface area contributed by atoms with Gasteiger partial charge in [-0.1, -0.05) is 0 Å². The van der Waals surface area contributed by atoms with Crippen LogP contribution in [0.15, 0.2) is 33.9 Å². The fourth-order valence-corrected chi connectivity index (χ4v) is 2.82. The van der Waals surface area contributed by atoms with Crippen molar-refractivity contribution in [2.75, 3.05) is 41.7 Å². The largest absolute Gasteiger partial charge is 0.384 e. The highest BCUT2D eigenvalue weighted by Gasteiger charge is 2.21. The van der Waals surface area contributed by atoms with Crippen LogP contribution in [0, 0.1) is 0 Å². The smallest absolute Gasteiger partial charge is 0.267 e. The van der Waals surface area contributed by atoms with E-state index in [1.165, 1.54) is 6.33 Å². The Labute approximate surface area is 129 Å². The van der Waals surface area contributed by atoms with Gasteiger partial charge in [-0.15, -0.1) is 0 Å².